The minimum atomic E-state index is -0.241. The highest BCUT2D eigenvalue weighted by Gasteiger charge is 2.32. The summed E-state index contributed by atoms with van der Waals surface area (Å²) in [5.74, 6) is 0.404. The summed E-state index contributed by atoms with van der Waals surface area (Å²) in [6.07, 6.45) is 0. The van der Waals surface area contributed by atoms with Gasteiger partial charge < -0.3 is 10.2 Å². The molecular formula is C15H20FN3OS. The summed E-state index contributed by atoms with van der Waals surface area (Å²) in [7, 11) is 0. The largest absolute Gasteiger partial charge is 0.325 e. The van der Waals surface area contributed by atoms with Crippen LogP contribution >= 0.6 is 11.8 Å². The molecule has 2 heterocycles. The molecule has 1 atom stereocenters. The lowest BCUT2D eigenvalue weighted by Crippen LogP contribution is -2.46. The van der Waals surface area contributed by atoms with E-state index in [-0.39, 0.29) is 17.1 Å². The van der Waals surface area contributed by atoms with Crippen molar-refractivity contribution < 1.29 is 9.18 Å². The van der Waals surface area contributed by atoms with Gasteiger partial charge in [-0.25, -0.2) is 4.39 Å². The fourth-order valence-electron chi connectivity index (χ4n) is 2.82. The monoisotopic (exact) mass is 309 g/mol. The summed E-state index contributed by atoms with van der Waals surface area (Å²) in [5.41, 5.74) is 0.881. The highest BCUT2D eigenvalue weighted by molar-refractivity contribution is 8.00. The number of nitrogens with one attached hydrogen (secondary N) is 1. The molecule has 1 amide bonds. The first kappa shape index (κ1) is 14.8. The van der Waals surface area contributed by atoms with Gasteiger partial charge in [0.05, 0.1) is 5.75 Å². The van der Waals surface area contributed by atoms with Gasteiger partial charge >= 0.3 is 0 Å². The molecule has 2 saturated heterocycles. The van der Waals surface area contributed by atoms with Crippen molar-refractivity contribution in [1.82, 2.24) is 15.1 Å². The van der Waals surface area contributed by atoms with Gasteiger partial charge in [-0.3, -0.25) is 9.69 Å². The van der Waals surface area contributed by atoms with Crippen LogP contribution in [0.15, 0.2) is 24.3 Å². The lowest BCUT2D eigenvalue weighted by Gasteiger charge is -2.31. The summed E-state index contributed by atoms with van der Waals surface area (Å²) >= 11 is 1.59. The van der Waals surface area contributed by atoms with Crippen molar-refractivity contribution in [2.24, 2.45) is 0 Å². The topological polar surface area (TPSA) is 35.6 Å². The van der Waals surface area contributed by atoms with Crippen LogP contribution in [-0.4, -0.2) is 60.7 Å². The lowest BCUT2D eigenvalue weighted by molar-refractivity contribution is -0.128. The molecule has 2 fully saturated rings. The van der Waals surface area contributed by atoms with E-state index in [1.807, 2.05) is 11.0 Å². The fraction of sp³-hybridized carbons (Fsp3) is 0.533. The third-order valence-corrected chi connectivity index (χ3v) is 5.22. The van der Waals surface area contributed by atoms with Crippen LogP contribution in [-0.2, 0) is 4.79 Å². The molecule has 0 aromatic heterocycles. The number of halogens is 1. The Morgan fingerprint density at radius 2 is 2.10 bits per heavy atom. The molecule has 4 nitrogen and oxygen atoms in total. The zero-order valence-electron chi connectivity index (χ0n) is 11.9. The van der Waals surface area contributed by atoms with Crippen LogP contribution in [0.3, 0.4) is 0 Å². The van der Waals surface area contributed by atoms with Gasteiger partial charge in [0.25, 0.3) is 0 Å². The standard InChI is InChI=1S/C15H20FN3OS/c16-13-3-1-2-12(10-13)15-19(14(20)11-21-15)9-8-18-6-4-17-5-7-18/h1-3,10,15,17H,4-9,11H2. The van der Waals surface area contributed by atoms with Gasteiger partial charge in [-0.1, -0.05) is 12.1 Å². The summed E-state index contributed by atoms with van der Waals surface area (Å²) in [4.78, 5) is 16.4. The van der Waals surface area contributed by atoms with Gasteiger partial charge in [-0.2, -0.15) is 0 Å². The van der Waals surface area contributed by atoms with Gasteiger partial charge in [0.1, 0.15) is 11.2 Å². The molecule has 1 N–H and O–H groups in total. The summed E-state index contributed by atoms with van der Waals surface area (Å²) in [6.45, 7) is 5.68. The zero-order valence-corrected chi connectivity index (χ0v) is 12.7. The second-order valence-electron chi connectivity index (χ2n) is 5.40. The molecule has 0 spiro atoms. The molecule has 0 aliphatic carbocycles. The Balaban J connectivity index is 1.65. The van der Waals surface area contributed by atoms with E-state index in [9.17, 15) is 9.18 Å². The van der Waals surface area contributed by atoms with E-state index in [4.69, 9.17) is 0 Å². The number of thioether (sulfide) groups is 1. The zero-order chi connectivity index (χ0) is 14.7. The Labute approximate surface area is 128 Å². The van der Waals surface area contributed by atoms with E-state index in [0.717, 1.165) is 38.3 Å². The van der Waals surface area contributed by atoms with E-state index in [2.05, 4.69) is 10.2 Å². The lowest BCUT2D eigenvalue weighted by atomic mass is 10.2. The number of carbonyl (C=O) groups is 1. The van der Waals surface area contributed by atoms with Crippen molar-refractivity contribution in [1.29, 1.82) is 0 Å². The Hall–Kier alpha value is -1.11. The fourth-order valence-corrected chi connectivity index (χ4v) is 4.02. The minimum absolute atomic E-state index is 0.0453. The van der Waals surface area contributed by atoms with Crippen molar-refractivity contribution in [2.75, 3.05) is 45.0 Å². The molecule has 114 valence electrons. The van der Waals surface area contributed by atoms with Gasteiger partial charge in [0.2, 0.25) is 5.91 Å². The van der Waals surface area contributed by atoms with Crippen LogP contribution in [0.1, 0.15) is 10.9 Å². The number of piperazine rings is 1. The van der Waals surface area contributed by atoms with Crippen molar-refractivity contribution in [3.05, 3.63) is 35.6 Å². The maximum absolute atomic E-state index is 13.4. The molecule has 0 saturated carbocycles. The number of rotatable bonds is 4. The number of benzene rings is 1. The predicted octanol–water partition coefficient (Wildman–Crippen LogP) is 1.30. The Bertz CT molecular complexity index is 507. The van der Waals surface area contributed by atoms with E-state index in [0.29, 0.717) is 12.3 Å². The first-order valence-electron chi connectivity index (χ1n) is 7.33. The van der Waals surface area contributed by atoms with Crippen LogP contribution in [0.2, 0.25) is 0 Å². The summed E-state index contributed by atoms with van der Waals surface area (Å²) < 4.78 is 13.4. The number of hydrogen-bond acceptors (Lipinski definition) is 4. The second kappa shape index (κ2) is 6.77. The van der Waals surface area contributed by atoms with E-state index >= 15 is 0 Å². The van der Waals surface area contributed by atoms with Crippen molar-refractivity contribution in [3.63, 3.8) is 0 Å². The molecule has 2 aliphatic heterocycles. The van der Waals surface area contributed by atoms with E-state index in [1.165, 1.54) is 12.1 Å². The maximum Gasteiger partial charge on any atom is 0.233 e. The average Bonchev–Trinajstić information content (AvgIpc) is 2.87. The predicted molar refractivity (Wildman–Crippen MR) is 82.6 cm³/mol. The van der Waals surface area contributed by atoms with Crippen molar-refractivity contribution in [2.45, 2.75) is 5.37 Å². The first-order chi connectivity index (χ1) is 10.2. The molecule has 1 aromatic rings. The van der Waals surface area contributed by atoms with Crippen LogP contribution < -0.4 is 5.32 Å². The Morgan fingerprint density at radius 1 is 1.29 bits per heavy atom. The van der Waals surface area contributed by atoms with Gasteiger partial charge in [0.15, 0.2) is 0 Å². The van der Waals surface area contributed by atoms with Gasteiger partial charge in [0, 0.05) is 39.3 Å². The minimum Gasteiger partial charge on any atom is -0.325 e. The van der Waals surface area contributed by atoms with Gasteiger partial charge in [-0.15, -0.1) is 11.8 Å². The Kier molecular flexibility index (Phi) is 4.77. The second-order valence-corrected chi connectivity index (χ2v) is 6.47. The Morgan fingerprint density at radius 3 is 2.86 bits per heavy atom. The number of hydrogen-bond donors (Lipinski definition) is 1. The molecule has 0 radical (unpaired) electrons. The highest BCUT2D eigenvalue weighted by Crippen LogP contribution is 2.38. The molecule has 3 rings (SSSR count). The van der Waals surface area contributed by atoms with Crippen molar-refractivity contribution in [3.8, 4) is 0 Å². The number of carbonyl (C=O) groups excluding carboxylic acids is 1. The average molecular weight is 309 g/mol. The van der Waals surface area contributed by atoms with Crippen LogP contribution in [0.4, 0.5) is 4.39 Å². The molecule has 2 aliphatic rings. The molecule has 1 aromatic carbocycles. The smallest absolute Gasteiger partial charge is 0.233 e. The molecule has 1 unspecified atom stereocenters. The quantitative estimate of drug-likeness (QED) is 0.909. The van der Waals surface area contributed by atoms with Crippen LogP contribution in [0, 0.1) is 5.82 Å². The van der Waals surface area contributed by atoms with Crippen LogP contribution in [0.5, 0.6) is 0 Å². The highest BCUT2D eigenvalue weighted by atomic mass is 32.2. The SMILES string of the molecule is O=C1CSC(c2cccc(F)c2)N1CCN1CCNCC1. The van der Waals surface area contributed by atoms with Gasteiger partial charge in [-0.05, 0) is 17.7 Å². The molecule has 6 heteroatoms. The number of nitrogens with zero attached hydrogens (tertiary/aromatic N) is 2. The third kappa shape index (κ3) is 3.56. The molecule has 0 bridgehead atoms. The first-order valence-corrected chi connectivity index (χ1v) is 8.38. The normalized spacial score (nSPS) is 23.8. The summed E-state index contributed by atoms with van der Waals surface area (Å²) in [5, 5.41) is 3.28. The van der Waals surface area contributed by atoms with E-state index < -0.39 is 0 Å². The molecular weight excluding hydrogens is 289 g/mol. The van der Waals surface area contributed by atoms with E-state index in [1.54, 1.807) is 17.8 Å². The third-order valence-electron chi connectivity index (χ3n) is 3.97. The summed E-state index contributed by atoms with van der Waals surface area (Å²) in [6, 6.07) is 6.59. The van der Waals surface area contributed by atoms with Crippen molar-refractivity contribution >= 4 is 17.7 Å². The maximum atomic E-state index is 13.4. The number of amides is 1. The van der Waals surface area contributed by atoms with Crippen LogP contribution in [0.25, 0.3) is 0 Å². The molecule has 21 heavy (non-hydrogen) atoms.